The van der Waals surface area contributed by atoms with Crippen molar-refractivity contribution in [2.75, 3.05) is 11.9 Å². The van der Waals surface area contributed by atoms with Crippen molar-refractivity contribution in [2.45, 2.75) is 51.6 Å². The summed E-state index contributed by atoms with van der Waals surface area (Å²) in [5.41, 5.74) is 6.59. The highest BCUT2D eigenvalue weighted by molar-refractivity contribution is 5.84. The van der Waals surface area contributed by atoms with E-state index in [1.165, 1.54) is 0 Å². The van der Waals surface area contributed by atoms with E-state index in [2.05, 4.69) is 33.1 Å². The molecule has 0 saturated heterocycles. The number of nitrogens with one attached hydrogen (secondary N) is 2. The molecule has 0 aliphatic heterocycles. The SMILES string of the molecule is CCCCC(CN)NC(=O)C(CC)Nc1nnnn1-c1ccccc1. The van der Waals surface area contributed by atoms with Gasteiger partial charge in [-0.1, -0.05) is 50.0 Å². The molecule has 2 unspecified atom stereocenters. The summed E-state index contributed by atoms with van der Waals surface area (Å²) in [4.78, 5) is 12.6. The third kappa shape index (κ3) is 5.25. The van der Waals surface area contributed by atoms with Gasteiger partial charge in [-0.25, -0.2) is 0 Å². The largest absolute Gasteiger partial charge is 0.350 e. The lowest BCUT2D eigenvalue weighted by Crippen LogP contribution is -2.47. The second kappa shape index (κ2) is 9.73. The first-order valence-corrected chi connectivity index (χ1v) is 8.80. The number of hydrogen-bond donors (Lipinski definition) is 3. The van der Waals surface area contributed by atoms with Crippen LogP contribution in [-0.2, 0) is 4.79 Å². The van der Waals surface area contributed by atoms with Gasteiger partial charge in [-0.05, 0) is 35.4 Å². The number of tetrazole rings is 1. The topological polar surface area (TPSA) is 111 Å². The zero-order valence-corrected chi connectivity index (χ0v) is 14.9. The summed E-state index contributed by atoms with van der Waals surface area (Å²) in [6.45, 7) is 4.50. The maximum Gasteiger partial charge on any atom is 0.248 e. The van der Waals surface area contributed by atoms with E-state index in [0.717, 1.165) is 24.9 Å². The molecule has 2 aromatic rings. The van der Waals surface area contributed by atoms with E-state index >= 15 is 0 Å². The van der Waals surface area contributed by atoms with Crippen molar-refractivity contribution < 1.29 is 4.79 Å². The van der Waals surface area contributed by atoms with Gasteiger partial charge < -0.3 is 16.4 Å². The summed E-state index contributed by atoms with van der Waals surface area (Å²) in [6, 6.07) is 9.11. The van der Waals surface area contributed by atoms with Crippen molar-refractivity contribution in [3.8, 4) is 5.69 Å². The normalized spacial score (nSPS) is 13.2. The molecular formula is C17H27N7O. The Bertz CT molecular complexity index is 643. The molecule has 1 heterocycles. The Balaban J connectivity index is 2.05. The van der Waals surface area contributed by atoms with Crippen molar-refractivity contribution in [1.29, 1.82) is 0 Å². The first-order chi connectivity index (χ1) is 12.2. The smallest absolute Gasteiger partial charge is 0.248 e. The number of unbranched alkanes of at least 4 members (excludes halogenated alkanes) is 1. The molecule has 0 aliphatic rings. The molecule has 2 atom stereocenters. The molecule has 4 N–H and O–H groups in total. The number of anilines is 1. The number of benzene rings is 1. The van der Waals surface area contributed by atoms with Crippen LogP contribution in [0.4, 0.5) is 5.95 Å². The predicted octanol–water partition coefficient (Wildman–Crippen LogP) is 1.49. The summed E-state index contributed by atoms with van der Waals surface area (Å²) < 4.78 is 1.58. The van der Waals surface area contributed by atoms with E-state index in [-0.39, 0.29) is 11.9 Å². The number of nitrogens with zero attached hydrogens (tertiary/aromatic N) is 4. The fourth-order valence-corrected chi connectivity index (χ4v) is 2.53. The molecule has 25 heavy (non-hydrogen) atoms. The number of aromatic nitrogens is 4. The second-order valence-electron chi connectivity index (χ2n) is 5.94. The Labute approximate surface area is 148 Å². The van der Waals surface area contributed by atoms with E-state index < -0.39 is 6.04 Å². The van der Waals surface area contributed by atoms with Crippen LogP contribution < -0.4 is 16.4 Å². The van der Waals surface area contributed by atoms with Gasteiger partial charge in [0.15, 0.2) is 0 Å². The van der Waals surface area contributed by atoms with Crippen LogP contribution >= 0.6 is 0 Å². The average molecular weight is 345 g/mol. The molecule has 0 fully saturated rings. The van der Waals surface area contributed by atoms with Crippen molar-refractivity contribution in [1.82, 2.24) is 25.5 Å². The summed E-state index contributed by atoms with van der Waals surface area (Å²) >= 11 is 0. The third-order valence-electron chi connectivity index (χ3n) is 4.04. The lowest BCUT2D eigenvalue weighted by atomic mass is 10.1. The van der Waals surface area contributed by atoms with Gasteiger partial charge >= 0.3 is 0 Å². The highest BCUT2D eigenvalue weighted by Crippen LogP contribution is 2.12. The van der Waals surface area contributed by atoms with Gasteiger partial charge in [0.1, 0.15) is 6.04 Å². The van der Waals surface area contributed by atoms with Crippen LogP contribution in [0.5, 0.6) is 0 Å². The van der Waals surface area contributed by atoms with Gasteiger partial charge in [0.2, 0.25) is 11.9 Å². The van der Waals surface area contributed by atoms with Gasteiger partial charge in [0.25, 0.3) is 0 Å². The maximum absolute atomic E-state index is 12.6. The van der Waals surface area contributed by atoms with Gasteiger partial charge in [0.05, 0.1) is 5.69 Å². The number of hydrogen-bond acceptors (Lipinski definition) is 6. The van der Waals surface area contributed by atoms with Crippen molar-refractivity contribution >= 4 is 11.9 Å². The van der Waals surface area contributed by atoms with Crippen LogP contribution in [0.25, 0.3) is 5.69 Å². The standard InChI is InChI=1S/C17H27N7O/c1-3-5-9-13(12-18)19-16(25)15(4-2)20-17-21-22-23-24(17)14-10-7-6-8-11-14/h6-8,10-11,13,15H,3-5,9,12,18H2,1-2H3,(H,19,25)(H,20,21,23). The lowest BCUT2D eigenvalue weighted by molar-refractivity contribution is -0.122. The number of rotatable bonds is 10. The predicted molar refractivity (Wildman–Crippen MR) is 97.4 cm³/mol. The fourth-order valence-electron chi connectivity index (χ4n) is 2.53. The van der Waals surface area contributed by atoms with E-state index in [0.29, 0.717) is 18.9 Å². The highest BCUT2D eigenvalue weighted by atomic mass is 16.2. The zero-order chi connectivity index (χ0) is 18.1. The quantitative estimate of drug-likeness (QED) is 0.601. The minimum absolute atomic E-state index is 0.00609. The van der Waals surface area contributed by atoms with Crippen LogP contribution in [0.2, 0.25) is 0 Å². The molecule has 1 aromatic carbocycles. The van der Waals surface area contributed by atoms with E-state index in [1.807, 2.05) is 37.3 Å². The molecule has 1 aromatic heterocycles. The van der Waals surface area contributed by atoms with Crippen molar-refractivity contribution in [3.05, 3.63) is 30.3 Å². The number of amides is 1. The Kier molecular flexibility index (Phi) is 7.34. The van der Waals surface area contributed by atoms with Crippen LogP contribution in [0.1, 0.15) is 39.5 Å². The molecule has 0 spiro atoms. The number of carbonyl (C=O) groups excluding carboxylic acids is 1. The third-order valence-corrected chi connectivity index (χ3v) is 4.04. The fraction of sp³-hybridized carbons (Fsp3) is 0.529. The summed E-state index contributed by atoms with van der Waals surface area (Å²) in [5, 5.41) is 17.9. The molecule has 0 radical (unpaired) electrons. The second-order valence-corrected chi connectivity index (χ2v) is 5.94. The average Bonchev–Trinajstić information content (AvgIpc) is 3.11. The molecule has 8 heteroatoms. The van der Waals surface area contributed by atoms with Crippen molar-refractivity contribution in [3.63, 3.8) is 0 Å². The molecule has 0 saturated carbocycles. The van der Waals surface area contributed by atoms with Crippen molar-refractivity contribution in [2.24, 2.45) is 5.73 Å². The number of nitrogens with two attached hydrogens (primary N) is 1. The van der Waals surface area contributed by atoms with E-state index in [9.17, 15) is 4.79 Å². The summed E-state index contributed by atoms with van der Waals surface area (Å²) in [6.07, 6.45) is 3.61. The Morgan fingerprint density at radius 1 is 1.28 bits per heavy atom. The molecule has 1 amide bonds. The molecular weight excluding hydrogens is 318 g/mol. The maximum atomic E-state index is 12.6. The lowest BCUT2D eigenvalue weighted by Gasteiger charge is -2.22. The highest BCUT2D eigenvalue weighted by Gasteiger charge is 2.21. The molecule has 0 aliphatic carbocycles. The zero-order valence-electron chi connectivity index (χ0n) is 14.9. The van der Waals surface area contributed by atoms with Crippen LogP contribution in [0.3, 0.4) is 0 Å². The van der Waals surface area contributed by atoms with Crippen LogP contribution in [0.15, 0.2) is 30.3 Å². The summed E-state index contributed by atoms with van der Waals surface area (Å²) in [7, 11) is 0. The Morgan fingerprint density at radius 2 is 2.04 bits per heavy atom. The minimum atomic E-state index is -0.427. The first-order valence-electron chi connectivity index (χ1n) is 8.80. The number of para-hydroxylation sites is 1. The van der Waals surface area contributed by atoms with E-state index in [1.54, 1.807) is 4.68 Å². The molecule has 8 nitrogen and oxygen atoms in total. The molecule has 2 rings (SSSR count). The van der Waals surface area contributed by atoms with Gasteiger partial charge in [-0.2, -0.15) is 4.68 Å². The van der Waals surface area contributed by atoms with E-state index in [4.69, 9.17) is 5.73 Å². The molecule has 136 valence electrons. The van der Waals surface area contributed by atoms with Gasteiger partial charge in [0, 0.05) is 12.6 Å². The monoisotopic (exact) mass is 345 g/mol. The van der Waals surface area contributed by atoms with Crippen LogP contribution in [0, 0.1) is 0 Å². The first kappa shape index (κ1) is 18.9. The Hall–Kier alpha value is -2.48. The van der Waals surface area contributed by atoms with Gasteiger partial charge in [-0.3, -0.25) is 4.79 Å². The molecule has 0 bridgehead atoms. The van der Waals surface area contributed by atoms with Gasteiger partial charge in [-0.15, -0.1) is 0 Å². The Morgan fingerprint density at radius 3 is 2.68 bits per heavy atom. The number of carbonyl (C=O) groups is 1. The van der Waals surface area contributed by atoms with Crippen LogP contribution in [-0.4, -0.2) is 44.7 Å². The summed E-state index contributed by atoms with van der Waals surface area (Å²) in [5.74, 6) is 0.350. The minimum Gasteiger partial charge on any atom is -0.350 e.